The summed E-state index contributed by atoms with van der Waals surface area (Å²) in [6.45, 7) is 3.60. The van der Waals surface area contributed by atoms with Crippen molar-refractivity contribution in [3.8, 4) is 11.3 Å². The molecule has 148 valence electrons. The highest BCUT2D eigenvalue weighted by Gasteiger charge is 2.15. The number of aryl methyl sites for hydroxylation is 1. The number of rotatable bonds is 6. The summed E-state index contributed by atoms with van der Waals surface area (Å²) >= 11 is 0. The second-order valence-electron chi connectivity index (χ2n) is 6.34. The number of hydrogen-bond donors (Lipinski definition) is 1. The molecule has 29 heavy (non-hydrogen) atoms. The van der Waals surface area contributed by atoms with Crippen molar-refractivity contribution in [1.29, 1.82) is 0 Å². The molecule has 0 aliphatic rings. The van der Waals surface area contributed by atoms with Gasteiger partial charge < -0.3 is 10.1 Å². The molecule has 1 N–H and O–H groups in total. The second kappa shape index (κ2) is 8.97. The van der Waals surface area contributed by atoms with Crippen LogP contribution in [0.25, 0.3) is 11.3 Å². The number of benzene rings is 2. The van der Waals surface area contributed by atoms with Crippen LogP contribution >= 0.6 is 0 Å². The molecule has 2 aromatic carbocycles. The molecule has 0 atom stereocenters. The zero-order chi connectivity index (χ0) is 20.8. The molecule has 3 aromatic rings. The predicted molar refractivity (Wildman–Crippen MR) is 110 cm³/mol. The van der Waals surface area contributed by atoms with Gasteiger partial charge in [0.25, 0.3) is 5.56 Å². The van der Waals surface area contributed by atoms with Crippen LogP contribution < -0.4 is 10.9 Å². The Morgan fingerprint density at radius 2 is 1.76 bits per heavy atom. The van der Waals surface area contributed by atoms with Crippen LogP contribution in [0.4, 0.5) is 5.69 Å². The van der Waals surface area contributed by atoms with E-state index in [2.05, 4.69) is 10.4 Å². The molecule has 0 bridgehead atoms. The lowest BCUT2D eigenvalue weighted by molar-refractivity contribution is -0.117. The summed E-state index contributed by atoms with van der Waals surface area (Å²) in [6.07, 6.45) is 0. The van der Waals surface area contributed by atoms with Gasteiger partial charge in [-0.05, 0) is 37.6 Å². The van der Waals surface area contributed by atoms with E-state index in [1.54, 1.807) is 37.3 Å². The normalized spacial score (nSPS) is 10.4. The summed E-state index contributed by atoms with van der Waals surface area (Å²) < 4.78 is 6.11. The van der Waals surface area contributed by atoms with Gasteiger partial charge in [-0.2, -0.15) is 5.10 Å². The molecule has 0 saturated heterocycles. The first kappa shape index (κ1) is 20.0. The van der Waals surface area contributed by atoms with Crippen LogP contribution in [0, 0.1) is 6.92 Å². The first-order valence-electron chi connectivity index (χ1n) is 9.19. The summed E-state index contributed by atoms with van der Waals surface area (Å²) in [5.74, 6) is -1.00. The number of nitrogens with one attached hydrogen (secondary N) is 1. The second-order valence-corrected chi connectivity index (χ2v) is 6.34. The zero-order valence-electron chi connectivity index (χ0n) is 16.2. The van der Waals surface area contributed by atoms with E-state index in [0.717, 1.165) is 15.8 Å². The maximum Gasteiger partial charge on any atom is 0.340 e. The zero-order valence-corrected chi connectivity index (χ0v) is 16.2. The van der Waals surface area contributed by atoms with Crippen molar-refractivity contribution in [3.05, 3.63) is 82.1 Å². The van der Waals surface area contributed by atoms with Gasteiger partial charge in [0, 0.05) is 11.6 Å². The lowest BCUT2D eigenvalue weighted by Crippen LogP contribution is -2.29. The van der Waals surface area contributed by atoms with Crippen molar-refractivity contribution < 1.29 is 14.3 Å². The topological polar surface area (TPSA) is 90.3 Å². The van der Waals surface area contributed by atoms with E-state index < -0.39 is 17.4 Å². The molecule has 0 radical (unpaired) electrons. The van der Waals surface area contributed by atoms with E-state index >= 15 is 0 Å². The highest BCUT2D eigenvalue weighted by atomic mass is 16.5. The van der Waals surface area contributed by atoms with Crippen molar-refractivity contribution in [2.75, 3.05) is 11.9 Å². The van der Waals surface area contributed by atoms with E-state index in [9.17, 15) is 14.4 Å². The van der Waals surface area contributed by atoms with Crippen LogP contribution in [-0.2, 0) is 16.1 Å². The minimum absolute atomic E-state index is 0.228. The SMILES string of the molecule is CCOC(=O)c1ccccc1NC(=O)Cn1nc(-c2ccccc2C)ccc1=O. The minimum Gasteiger partial charge on any atom is -0.462 e. The Kier molecular flexibility index (Phi) is 6.19. The monoisotopic (exact) mass is 391 g/mol. The van der Waals surface area contributed by atoms with Crippen molar-refractivity contribution >= 4 is 17.6 Å². The highest BCUT2D eigenvalue weighted by Crippen LogP contribution is 2.20. The third-order valence-electron chi connectivity index (χ3n) is 4.28. The number of hydrogen-bond acceptors (Lipinski definition) is 5. The molecule has 7 nitrogen and oxygen atoms in total. The first-order chi connectivity index (χ1) is 14.0. The van der Waals surface area contributed by atoms with Crippen LogP contribution in [0.15, 0.2) is 65.5 Å². The standard InChI is InChI=1S/C22H21N3O4/c1-3-29-22(28)17-10-6-7-11-18(17)23-20(26)14-25-21(27)13-12-19(24-25)16-9-5-4-8-15(16)2/h4-13H,3,14H2,1-2H3,(H,23,26). The number of anilines is 1. The number of carbonyl (C=O) groups excluding carboxylic acids is 2. The van der Waals surface area contributed by atoms with Crippen molar-refractivity contribution in [2.45, 2.75) is 20.4 Å². The predicted octanol–water partition coefficient (Wildman–Crippen LogP) is 3.03. The fourth-order valence-electron chi connectivity index (χ4n) is 2.87. The summed E-state index contributed by atoms with van der Waals surface area (Å²) in [7, 11) is 0. The molecule has 1 aromatic heterocycles. The largest absolute Gasteiger partial charge is 0.462 e. The number of ether oxygens (including phenoxy) is 1. The summed E-state index contributed by atoms with van der Waals surface area (Å²) in [6, 6.07) is 17.2. The van der Waals surface area contributed by atoms with Gasteiger partial charge in [0.1, 0.15) is 6.54 Å². The Labute approximate surface area is 168 Å². The van der Waals surface area contributed by atoms with E-state index in [1.165, 1.54) is 6.07 Å². The fraction of sp³-hybridized carbons (Fsp3) is 0.182. The lowest BCUT2D eigenvalue weighted by atomic mass is 10.1. The Morgan fingerprint density at radius 1 is 1.03 bits per heavy atom. The van der Waals surface area contributed by atoms with E-state index in [4.69, 9.17) is 4.74 Å². The molecule has 7 heteroatoms. The fourth-order valence-corrected chi connectivity index (χ4v) is 2.87. The summed E-state index contributed by atoms with van der Waals surface area (Å²) in [5.41, 5.74) is 2.67. The quantitative estimate of drug-likeness (QED) is 0.652. The maximum atomic E-state index is 12.5. The Balaban J connectivity index is 1.82. The van der Waals surface area contributed by atoms with Crippen LogP contribution in [0.2, 0.25) is 0 Å². The molecular formula is C22H21N3O4. The van der Waals surface area contributed by atoms with Gasteiger partial charge in [-0.15, -0.1) is 0 Å². The third kappa shape index (κ3) is 4.76. The van der Waals surface area contributed by atoms with E-state index in [0.29, 0.717) is 11.4 Å². The van der Waals surface area contributed by atoms with Gasteiger partial charge in [-0.1, -0.05) is 36.4 Å². The molecule has 0 saturated carbocycles. The van der Waals surface area contributed by atoms with Crippen molar-refractivity contribution in [3.63, 3.8) is 0 Å². The number of aromatic nitrogens is 2. The number of carbonyl (C=O) groups is 2. The van der Waals surface area contributed by atoms with Gasteiger partial charge in [0.2, 0.25) is 5.91 Å². The Hall–Kier alpha value is -3.74. The molecule has 3 rings (SSSR count). The average molecular weight is 391 g/mol. The lowest BCUT2D eigenvalue weighted by Gasteiger charge is -2.12. The number of para-hydroxylation sites is 1. The summed E-state index contributed by atoms with van der Waals surface area (Å²) in [5, 5.41) is 6.98. The Morgan fingerprint density at radius 3 is 2.52 bits per heavy atom. The van der Waals surface area contributed by atoms with E-state index in [1.807, 2.05) is 31.2 Å². The molecule has 0 spiro atoms. The van der Waals surface area contributed by atoms with Crippen LogP contribution in [0.3, 0.4) is 0 Å². The van der Waals surface area contributed by atoms with Crippen LogP contribution in [-0.4, -0.2) is 28.3 Å². The summed E-state index contributed by atoms with van der Waals surface area (Å²) in [4.78, 5) is 36.8. The molecule has 0 fully saturated rings. The first-order valence-corrected chi connectivity index (χ1v) is 9.19. The molecule has 0 unspecified atom stereocenters. The Bertz CT molecular complexity index is 1100. The van der Waals surface area contributed by atoms with E-state index in [-0.39, 0.29) is 18.7 Å². The minimum atomic E-state index is -0.528. The average Bonchev–Trinajstić information content (AvgIpc) is 2.71. The highest BCUT2D eigenvalue weighted by molar-refractivity contribution is 6.01. The van der Waals surface area contributed by atoms with Gasteiger partial charge in [0.05, 0.1) is 23.6 Å². The number of nitrogens with zero attached hydrogens (tertiary/aromatic N) is 2. The smallest absolute Gasteiger partial charge is 0.340 e. The molecule has 1 amide bonds. The van der Waals surface area contributed by atoms with Gasteiger partial charge >= 0.3 is 5.97 Å². The molecule has 1 heterocycles. The molecule has 0 aliphatic heterocycles. The van der Waals surface area contributed by atoms with Crippen molar-refractivity contribution in [2.24, 2.45) is 0 Å². The molecular weight excluding hydrogens is 370 g/mol. The van der Waals surface area contributed by atoms with Crippen molar-refractivity contribution in [1.82, 2.24) is 9.78 Å². The maximum absolute atomic E-state index is 12.5. The van der Waals surface area contributed by atoms with Crippen LogP contribution in [0.1, 0.15) is 22.8 Å². The van der Waals surface area contributed by atoms with Gasteiger partial charge in [-0.25, -0.2) is 9.48 Å². The molecule has 0 aliphatic carbocycles. The third-order valence-corrected chi connectivity index (χ3v) is 4.28. The van der Waals surface area contributed by atoms with Gasteiger partial charge in [0.15, 0.2) is 0 Å². The van der Waals surface area contributed by atoms with Crippen LogP contribution in [0.5, 0.6) is 0 Å². The number of amides is 1. The van der Waals surface area contributed by atoms with Gasteiger partial charge in [-0.3, -0.25) is 9.59 Å². The number of esters is 1.